The van der Waals surface area contributed by atoms with Crippen molar-refractivity contribution in [2.75, 3.05) is 0 Å². The van der Waals surface area contributed by atoms with Crippen LogP contribution in [-0.4, -0.2) is 28.1 Å². The molecule has 7 nitrogen and oxygen atoms in total. The van der Waals surface area contributed by atoms with E-state index in [1.165, 1.54) is 0 Å². The Labute approximate surface area is 172 Å². The molecule has 1 aliphatic rings. The largest absolute Gasteiger partial charge is 0.370 e. The summed E-state index contributed by atoms with van der Waals surface area (Å²) in [4.78, 5) is 39.3. The van der Waals surface area contributed by atoms with Gasteiger partial charge in [0.25, 0.3) is 11.8 Å². The van der Waals surface area contributed by atoms with Crippen LogP contribution < -0.4 is 5.90 Å². The number of rotatable bonds is 4. The van der Waals surface area contributed by atoms with Crippen LogP contribution in [0.5, 0.6) is 0 Å². The highest BCUT2D eigenvalue weighted by atomic mass is 16.7. The molecule has 1 heterocycles. The summed E-state index contributed by atoms with van der Waals surface area (Å²) in [6.45, 7) is 0. The number of hydroxylamine groups is 2. The molecule has 0 atom stereocenters. The summed E-state index contributed by atoms with van der Waals surface area (Å²) < 4.78 is 0. The fraction of sp³-hybridized carbons (Fsp3) is 0.0870. The number of carbonyl (C=O) groups excluding carboxylic acids is 3. The topological polar surface area (TPSA) is 110 Å². The third-order valence-electron chi connectivity index (χ3n) is 5.09. The van der Waals surface area contributed by atoms with Gasteiger partial charge in [0.15, 0.2) is 0 Å². The predicted molar refractivity (Wildman–Crippen MR) is 107 cm³/mol. The number of imide groups is 1. The van der Waals surface area contributed by atoms with Crippen LogP contribution >= 0.6 is 0 Å². The summed E-state index contributed by atoms with van der Waals surface area (Å²) in [6.07, 6.45) is 0.637. The second-order valence-electron chi connectivity index (χ2n) is 7.04. The van der Waals surface area contributed by atoms with E-state index in [-0.39, 0.29) is 11.5 Å². The van der Waals surface area contributed by atoms with Crippen LogP contribution in [0.3, 0.4) is 0 Å². The van der Waals surface area contributed by atoms with Gasteiger partial charge in [0, 0.05) is 5.56 Å². The van der Waals surface area contributed by atoms with Crippen molar-refractivity contribution in [2.45, 2.75) is 12.8 Å². The normalized spacial score (nSPS) is 13.2. The van der Waals surface area contributed by atoms with Gasteiger partial charge in [-0.15, -0.1) is 0 Å². The van der Waals surface area contributed by atoms with Crippen LogP contribution in [0.2, 0.25) is 0 Å². The Bertz CT molecular complexity index is 1140. The third kappa shape index (κ3) is 3.71. The highest BCUT2D eigenvalue weighted by Crippen LogP contribution is 2.24. The molecule has 150 valence electrons. The SMILES string of the molecule is NOC(=O)c1ccc(-c2ccc(Cc3ccc4c(c3)CC(=O)N(O)C4=O)cc2)cc1. The fourth-order valence-electron chi connectivity index (χ4n) is 3.49. The zero-order chi connectivity index (χ0) is 21.3. The minimum Gasteiger partial charge on any atom is -0.370 e. The van der Waals surface area contributed by atoms with Crippen molar-refractivity contribution in [3.63, 3.8) is 0 Å². The number of benzene rings is 3. The maximum Gasteiger partial charge on any atom is 0.356 e. The molecule has 3 N–H and O–H groups in total. The fourth-order valence-corrected chi connectivity index (χ4v) is 3.49. The Morgan fingerprint density at radius 3 is 2.17 bits per heavy atom. The molecule has 0 radical (unpaired) electrons. The standard InChI is InChI=1S/C23H18N2O5/c24-30-23(28)18-8-6-17(7-9-18)16-4-1-14(2-5-16)11-15-3-10-20-19(12-15)13-21(26)25(29)22(20)27/h1-10,12,29H,11,13,24H2. The molecule has 3 aromatic carbocycles. The first-order chi connectivity index (χ1) is 14.5. The Hall–Kier alpha value is -3.81. The van der Waals surface area contributed by atoms with E-state index < -0.39 is 17.8 Å². The summed E-state index contributed by atoms with van der Waals surface area (Å²) in [5.74, 6) is 2.99. The van der Waals surface area contributed by atoms with Gasteiger partial charge in [-0.1, -0.05) is 48.5 Å². The van der Waals surface area contributed by atoms with Crippen LogP contribution in [0, 0.1) is 0 Å². The maximum absolute atomic E-state index is 12.0. The van der Waals surface area contributed by atoms with Gasteiger partial charge >= 0.3 is 5.97 Å². The van der Waals surface area contributed by atoms with Crippen LogP contribution in [-0.2, 0) is 22.5 Å². The number of fused-ring (bicyclic) bond motifs is 1. The summed E-state index contributed by atoms with van der Waals surface area (Å²) in [6, 6.07) is 20.2. The third-order valence-corrected chi connectivity index (χ3v) is 5.09. The lowest BCUT2D eigenvalue weighted by Crippen LogP contribution is -2.39. The molecule has 0 spiro atoms. The van der Waals surface area contributed by atoms with Gasteiger partial charge in [-0.25, -0.2) is 4.79 Å². The van der Waals surface area contributed by atoms with Crippen molar-refractivity contribution in [1.29, 1.82) is 0 Å². The van der Waals surface area contributed by atoms with E-state index in [9.17, 15) is 19.6 Å². The van der Waals surface area contributed by atoms with Gasteiger partial charge in [-0.05, 0) is 52.4 Å². The van der Waals surface area contributed by atoms with E-state index in [0.717, 1.165) is 22.3 Å². The van der Waals surface area contributed by atoms with E-state index in [4.69, 9.17) is 5.90 Å². The van der Waals surface area contributed by atoms with Gasteiger partial charge in [0.05, 0.1) is 12.0 Å². The van der Waals surface area contributed by atoms with Gasteiger partial charge in [-0.2, -0.15) is 11.0 Å². The zero-order valence-electron chi connectivity index (χ0n) is 15.9. The lowest BCUT2D eigenvalue weighted by atomic mass is 9.94. The van der Waals surface area contributed by atoms with Crippen LogP contribution in [0.1, 0.15) is 37.4 Å². The average Bonchev–Trinajstić information content (AvgIpc) is 2.77. The molecule has 0 aromatic heterocycles. The van der Waals surface area contributed by atoms with Gasteiger partial charge in [-0.3, -0.25) is 14.8 Å². The monoisotopic (exact) mass is 402 g/mol. The molecule has 0 fully saturated rings. The Kier molecular flexibility index (Phi) is 5.14. The van der Waals surface area contributed by atoms with Crippen molar-refractivity contribution >= 4 is 17.8 Å². The number of nitrogens with two attached hydrogens (primary N) is 1. The lowest BCUT2D eigenvalue weighted by molar-refractivity contribution is -0.153. The zero-order valence-corrected chi connectivity index (χ0v) is 15.9. The number of hydrogen-bond acceptors (Lipinski definition) is 6. The van der Waals surface area contributed by atoms with Crippen molar-refractivity contribution in [3.05, 3.63) is 94.5 Å². The summed E-state index contributed by atoms with van der Waals surface area (Å²) >= 11 is 0. The van der Waals surface area contributed by atoms with E-state index >= 15 is 0 Å². The van der Waals surface area contributed by atoms with Crippen LogP contribution in [0.25, 0.3) is 11.1 Å². The second-order valence-corrected chi connectivity index (χ2v) is 7.04. The van der Waals surface area contributed by atoms with Crippen molar-refractivity contribution in [2.24, 2.45) is 5.90 Å². The highest BCUT2D eigenvalue weighted by Gasteiger charge is 2.29. The Morgan fingerprint density at radius 2 is 1.53 bits per heavy atom. The lowest BCUT2D eigenvalue weighted by Gasteiger charge is -2.21. The van der Waals surface area contributed by atoms with Gasteiger partial charge in [0.1, 0.15) is 0 Å². The molecule has 0 saturated heterocycles. The number of hydrogen-bond donors (Lipinski definition) is 2. The molecule has 3 aromatic rings. The molecule has 1 aliphatic heterocycles. The molecule has 0 aliphatic carbocycles. The molecule has 0 unspecified atom stereocenters. The highest BCUT2D eigenvalue weighted by molar-refractivity contribution is 6.08. The van der Waals surface area contributed by atoms with Gasteiger partial charge in [0.2, 0.25) is 0 Å². The van der Waals surface area contributed by atoms with Crippen molar-refractivity contribution in [3.8, 4) is 11.1 Å². The van der Waals surface area contributed by atoms with Crippen LogP contribution in [0.4, 0.5) is 0 Å². The Balaban J connectivity index is 1.50. The summed E-state index contributed by atoms with van der Waals surface area (Å²) in [5, 5.41) is 9.65. The molecule has 7 heteroatoms. The number of amides is 2. The first kappa shape index (κ1) is 19.5. The van der Waals surface area contributed by atoms with Crippen molar-refractivity contribution in [1.82, 2.24) is 5.06 Å². The molecule has 4 rings (SSSR count). The molecule has 0 saturated carbocycles. The second kappa shape index (κ2) is 7.90. The molecule has 30 heavy (non-hydrogen) atoms. The average molecular weight is 402 g/mol. The van der Waals surface area contributed by atoms with E-state index in [1.807, 2.05) is 48.5 Å². The van der Waals surface area contributed by atoms with Crippen molar-refractivity contribution < 1.29 is 24.4 Å². The first-order valence-corrected chi connectivity index (χ1v) is 9.24. The van der Waals surface area contributed by atoms with E-state index in [0.29, 0.717) is 23.1 Å². The van der Waals surface area contributed by atoms with Crippen LogP contribution in [0.15, 0.2) is 66.7 Å². The maximum atomic E-state index is 12.0. The smallest absolute Gasteiger partial charge is 0.356 e. The predicted octanol–water partition coefficient (Wildman–Crippen LogP) is 2.89. The minimum atomic E-state index is -0.692. The van der Waals surface area contributed by atoms with E-state index in [2.05, 4.69) is 4.84 Å². The Morgan fingerprint density at radius 1 is 0.933 bits per heavy atom. The molecule has 0 bridgehead atoms. The molecule has 2 amide bonds. The minimum absolute atomic E-state index is 0.00194. The summed E-state index contributed by atoms with van der Waals surface area (Å²) in [5.41, 5.74) is 5.34. The molecular formula is C23H18N2O5. The quantitative estimate of drug-likeness (QED) is 0.394. The van der Waals surface area contributed by atoms with Gasteiger partial charge < -0.3 is 4.84 Å². The summed E-state index contributed by atoms with van der Waals surface area (Å²) in [7, 11) is 0. The number of nitrogens with zero attached hydrogens (tertiary/aromatic N) is 1. The van der Waals surface area contributed by atoms with E-state index in [1.54, 1.807) is 18.2 Å². The molecular weight excluding hydrogens is 384 g/mol. The number of carbonyl (C=O) groups is 3. The first-order valence-electron chi connectivity index (χ1n) is 9.24.